The van der Waals surface area contributed by atoms with Crippen LogP contribution in [0.3, 0.4) is 0 Å². The van der Waals surface area contributed by atoms with Gasteiger partial charge in [-0.3, -0.25) is 4.98 Å². The molecule has 0 bridgehead atoms. The summed E-state index contributed by atoms with van der Waals surface area (Å²) < 4.78 is 0. The van der Waals surface area contributed by atoms with Crippen molar-refractivity contribution in [2.75, 3.05) is 0 Å². The smallest absolute Gasteiger partial charge is 0.0753 e. The number of benzene rings is 3. The van der Waals surface area contributed by atoms with Crippen molar-refractivity contribution in [2.45, 2.75) is 5.41 Å². The van der Waals surface area contributed by atoms with Gasteiger partial charge < -0.3 is 0 Å². The summed E-state index contributed by atoms with van der Waals surface area (Å²) in [6.45, 7) is 0. The molecule has 122 valence electrons. The zero-order chi connectivity index (χ0) is 17.3. The van der Waals surface area contributed by atoms with Crippen LogP contribution in [-0.4, -0.2) is 4.98 Å². The maximum atomic E-state index is 6.36. The molecule has 4 aromatic rings. The van der Waals surface area contributed by atoms with Crippen LogP contribution in [0.5, 0.6) is 0 Å². The number of rotatable bonds is 0. The number of hydrogen-bond acceptors (Lipinski definition) is 1. The highest BCUT2D eigenvalue weighted by molar-refractivity contribution is 6.31. The molecule has 0 atom stereocenters. The van der Waals surface area contributed by atoms with Crippen LogP contribution in [-0.2, 0) is 5.41 Å². The van der Waals surface area contributed by atoms with Crippen molar-refractivity contribution in [2.24, 2.45) is 0 Å². The van der Waals surface area contributed by atoms with Crippen molar-refractivity contribution >= 4 is 11.6 Å². The molecule has 0 N–H and O–H groups in total. The van der Waals surface area contributed by atoms with Gasteiger partial charge in [0.25, 0.3) is 0 Å². The Kier molecular flexibility index (Phi) is 2.66. The van der Waals surface area contributed by atoms with E-state index in [4.69, 9.17) is 16.6 Å². The van der Waals surface area contributed by atoms with Crippen LogP contribution < -0.4 is 0 Å². The first-order chi connectivity index (χ1) is 12.8. The summed E-state index contributed by atoms with van der Waals surface area (Å²) >= 11 is 6.36. The number of halogens is 1. The summed E-state index contributed by atoms with van der Waals surface area (Å²) in [5.74, 6) is 0. The van der Waals surface area contributed by atoms with Gasteiger partial charge in [-0.15, -0.1) is 0 Å². The summed E-state index contributed by atoms with van der Waals surface area (Å²) in [6.07, 6.45) is 1.87. The molecule has 0 fully saturated rings. The molecule has 1 spiro atoms. The molecular weight excluding hydrogens is 338 g/mol. The third kappa shape index (κ3) is 1.51. The molecule has 2 aliphatic carbocycles. The molecule has 2 aliphatic rings. The molecule has 2 heteroatoms. The molecule has 1 heterocycles. The molecule has 0 unspecified atom stereocenters. The fraction of sp³-hybridized carbons (Fsp3) is 0.0417. The van der Waals surface area contributed by atoms with E-state index >= 15 is 0 Å². The molecule has 0 aliphatic heterocycles. The topological polar surface area (TPSA) is 12.9 Å². The highest BCUT2D eigenvalue weighted by Gasteiger charge is 2.51. The number of aromatic nitrogens is 1. The van der Waals surface area contributed by atoms with E-state index in [2.05, 4.69) is 66.7 Å². The normalized spacial score (nSPS) is 14.7. The van der Waals surface area contributed by atoms with Crippen LogP contribution >= 0.6 is 11.6 Å². The zero-order valence-corrected chi connectivity index (χ0v) is 14.7. The van der Waals surface area contributed by atoms with Crippen LogP contribution in [0.25, 0.3) is 22.4 Å². The quantitative estimate of drug-likeness (QED) is 0.323. The number of hydrogen-bond donors (Lipinski definition) is 0. The maximum absolute atomic E-state index is 6.36. The van der Waals surface area contributed by atoms with Crippen LogP contribution in [0.2, 0.25) is 5.02 Å². The average molecular weight is 352 g/mol. The van der Waals surface area contributed by atoms with Crippen LogP contribution in [0.15, 0.2) is 85.1 Å². The second-order valence-electron chi connectivity index (χ2n) is 6.93. The third-order valence-corrected chi connectivity index (χ3v) is 6.04. The third-order valence-electron chi connectivity index (χ3n) is 5.80. The van der Waals surface area contributed by atoms with Gasteiger partial charge in [0.2, 0.25) is 0 Å². The second kappa shape index (κ2) is 4.84. The van der Waals surface area contributed by atoms with Crippen LogP contribution in [0.4, 0.5) is 0 Å². The summed E-state index contributed by atoms with van der Waals surface area (Å²) in [6, 6.07) is 28.0. The van der Waals surface area contributed by atoms with Crippen LogP contribution in [0, 0.1) is 0 Å². The fourth-order valence-corrected chi connectivity index (χ4v) is 5.09. The van der Waals surface area contributed by atoms with E-state index in [1.165, 1.54) is 33.4 Å². The van der Waals surface area contributed by atoms with Gasteiger partial charge in [0, 0.05) is 16.8 Å². The van der Waals surface area contributed by atoms with E-state index in [9.17, 15) is 0 Å². The van der Waals surface area contributed by atoms with Gasteiger partial charge in [-0.1, -0.05) is 72.3 Å². The second-order valence-corrected chi connectivity index (χ2v) is 7.37. The molecule has 0 amide bonds. The SMILES string of the molecule is Clc1ccc2c(c1)-c1ncccc1C21c2ccccc2-c2ccccc21. The van der Waals surface area contributed by atoms with Gasteiger partial charge in [-0.2, -0.15) is 0 Å². The number of nitrogens with zero attached hydrogens (tertiary/aromatic N) is 1. The molecule has 26 heavy (non-hydrogen) atoms. The first kappa shape index (κ1) is 14.3. The molecule has 3 aromatic carbocycles. The minimum atomic E-state index is -0.309. The monoisotopic (exact) mass is 351 g/mol. The molecule has 6 rings (SSSR count). The minimum Gasteiger partial charge on any atom is -0.256 e. The lowest BCUT2D eigenvalue weighted by Crippen LogP contribution is -2.25. The van der Waals surface area contributed by atoms with Gasteiger partial charge in [0.05, 0.1) is 11.1 Å². The standard InChI is InChI=1S/C24H14ClN/c25-15-11-12-21-18(14-15)23-22(10-5-13-26-23)24(21)19-8-3-1-6-16(19)17-7-2-4-9-20(17)24/h1-14H. The summed E-state index contributed by atoms with van der Waals surface area (Å²) in [5, 5.41) is 0.747. The van der Waals surface area contributed by atoms with Gasteiger partial charge in [0.15, 0.2) is 0 Å². The largest absolute Gasteiger partial charge is 0.256 e. The predicted octanol–water partition coefficient (Wildman–Crippen LogP) is 6.08. The lowest BCUT2D eigenvalue weighted by molar-refractivity contribution is 0.791. The number of pyridine rings is 1. The Morgan fingerprint density at radius 2 is 1.23 bits per heavy atom. The zero-order valence-electron chi connectivity index (χ0n) is 13.9. The Bertz CT molecular complexity index is 1160. The van der Waals surface area contributed by atoms with Crippen LogP contribution in [0.1, 0.15) is 22.3 Å². The molecule has 0 saturated heterocycles. The highest BCUT2D eigenvalue weighted by Crippen LogP contribution is 2.62. The summed E-state index contributed by atoms with van der Waals surface area (Å²) in [5.41, 5.74) is 9.66. The van der Waals surface area contributed by atoms with E-state index in [0.717, 1.165) is 16.3 Å². The van der Waals surface area contributed by atoms with E-state index in [0.29, 0.717) is 0 Å². The van der Waals surface area contributed by atoms with Crippen molar-refractivity contribution in [3.05, 3.63) is 112 Å². The Hall–Kier alpha value is -2.90. The van der Waals surface area contributed by atoms with Gasteiger partial charge in [-0.05, 0) is 51.6 Å². The van der Waals surface area contributed by atoms with Crippen molar-refractivity contribution < 1.29 is 0 Å². The molecule has 0 radical (unpaired) electrons. The molecular formula is C24H14ClN. The minimum absolute atomic E-state index is 0.309. The first-order valence-corrected chi connectivity index (χ1v) is 9.15. The highest BCUT2D eigenvalue weighted by atomic mass is 35.5. The average Bonchev–Trinajstić information content (AvgIpc) is 3.15. The van der Waals surface area contributed by atoms with Crippen molar-refractivity contribution in [3.63, 3.8) is 0 Å². The Morgan fingerprint density at radius 3 is 1.96 bits per heavy atom. The van der Waals surface area contributed by atoms with Gasteiger partial charge in [0.1, 0.15) is 0 Å². The predicted molar refractivity (Wildman–Crippen MR) is 106 cm³/mol. The fourth-order valence-electron chi connectivity index (χ4n) is 4.92. The first-order valence-electron chi connectivity index (χ1n) is 8.77. The Labute approximate surface area is 156 Å². The lowest BCUT2D eigenvalue weighted by Gasteiger charge is -2.30. The van der Waals surface area contributed by atoms with Crippen molar-refractivity contribution in [3.8, 4) is 22.4 Å². The molecule has 0 saturated carbocycles. The Morgan fingerprint density at radius 1 is 0.615 bits per heavy atom. The maximum Gasteiger partial charge on any atom is 0.0753 e. The van der Waals surface area contributed by atoms with Crippen molar-refractivity contribution in [1.29, 1.82) is 0 Å². The molecule has 1 aromatic heterocycles. The van der Waals surface area contributed by atoms with E-state index in [1.54, 1.807) is 0 Å². The lowest BCUT2D eigenvalue weighted by atomic mass is 9.71. The summed E-state index contributed by atoms with van der Waals surface area (Å²) in [7, 11) is 0. The van der Waals surface area contributed by atoms with Gasteiger partial charge >= 0.3 is 0 Å². The molecule has 1 nitrogen and oxygen atoms in total. The van der Waals surface area contributed by atoms with Gasteiger partial charge in [-0.25, -0.2) is 0 Å². The van der Waals surface area contributed by atoms with E-state index < -0.39 is 0 Å². The Balaban J connectivity index is 1.87. The van der Waals surface area contributed by atoms with Crippen molar-refractivity contribution in [1.82, 2.24) is 4.98 Å². The summed E-state index contributed by atoms with van der Waals surface area (Å²) in [4.78, 5) is 4.75. The van der Waals surface area contributed by atoms with E-state index in [-0.39, 0.29) is 5.41 Å². The van der Waals surface area contributed by atoms with E-state index in [1.807, 2.05) is 18.3 Å². The number of fused-ring (bicyclic) bond motifs is 10.